The van der Waals surface area contributed by atoms with Gasteiger partial charge in [-0.15, -0.1) is 0 Å². The molecule has 2 rings (SSSR count). The molecule has 1 unspecified atom stereocenters. The van der Waals surface area contributed by atoms with Crippen LogP contribution in [-0.4, -0.2) is 24.4 Å². The number of rotatable bonds is 6. The van der Waals surface area contributed by atoms with Gasteiger partial charge in [-0.3, -0.25) is 9.59 Å². The van der Waals surface area contributed by atoms with Crippen LogP contribution in [0.5, 0.6) is 0 Å². The molecule has 25 heavy (non-hydrogen) atoms. The molecule has 1 fully saturated rings. The van der Waals surface area contributed by atoms with E-state index in [1.54, 1.807) is 13.8 Å². The monoisotopic (exact) mass is 352 g/mol. The van der Waals surface area contributed by atoms with Crippen molar-refractivity contribution in [1.29, 1.82) is 0 Å². The number of nitrogens with one attached hydrogen (secondary N) is 2. The molecule has 0 heterocycles. The van der Waals surface area contributed by atoms with E-state index in [4.69, 9.17) is 0 Å². The minimum Gasteiger partial charge on any atom is -0.354 e. The van der Waals surface area contributed by atoms with Crippen LogP contribution in [-0.2, 0) is 4.79 Å². The highest BCUT2D eigenvalue weighted by atomic mass is 19.1. The maximum Gasteiger partial charge on any atom is 0.257 e. The normalized spacial score (nSPS) is 16.5. The predicted molar refractivity (Wildman–Crippen MR) is 92.0 cm³/mol. The first-order chi connectivity index (χ1) is 11.9. The van der Waals surface area contributed by atoms with Crippen molar-refractivity contribution in [2.75, 3.05) is 6.54 Å². The van der Waals surface area contributed by atoms with E-state index in [0.29, 0.717) is 12.5 Å². The summed E-state index contributed by atoms with van der Waals surface area (Å²) < 4.78 is 27.5. The van der Waals surface area contributed by atoms with Crippen LogP contribution in [0.1, 0.15) is 56.3 Å². The summed E-state index contributed by atoms with van der Waals surface area (Å²) in [5.41, 5.74) is -0.659. The van der Waals surface area contributed by atoms with Crippen LogP contribution in [0, 0.1) is 23.5 Å². The van der Waals surface area contributed by atoms with Gasteiger partial charge >= 0.3 is 0 Å². The Morgan fingerprint density at radius 1 is 1.12 bits per heavy atom. The Morgan fingerprint density at radius 2 is 1.72 bits per heavy atom. The quantitative estimate of drug-likeness (QED) is 0.824. The molecular formula is C19H26F2N2O2. The molecule has 6 heteroatoms. The van der Waals surface area contributed by atoms with Gasteiger partial charge in [0.05, 0.1) is 0 Å². The van der Waals surface area contributed by atoms with Crippen molar-refractivity contribution in [3.8, 4) is 0 Å². The second-order valence-electron chi connectivity index (χ2n) is 7.04. The summed E-state index contributed by atoms with van der Waals surface area (Å²) in [5.74, 6) is -2.85. The Kier molecular flexibility index (Phi) is 6.91. The van der Waals surface area contributed by atoms with Crippen molar-refractivity contribution < 1.29 is 18.4 Å². The van der Waals surface area contributed by atoms with Crippen molar-refractivity contribution in [3.63, 3.8) is 0 Å². The highest BCUT2D eigenvalue weighted by molar-refractivity contribution is 5.98. The minimum absolute atomic E-state index is 0.204. The lowest BCUT2D eigenvalue weighted by Gasteiger charge is -2.25. The average Bonchev–Trinajstić information content (AvgIpc) is 2.58. The first kappa shape index (κ1) is 19.3. The minimum atomic E-state index is -0.942. The van der Waals surface area contributed by atoms with Crippen molar-refractivity contribution >= 4 is 11.8 Å². The lowest BCUT2D eigenvalue weighted by Crippen LogP contribution is -2.50. The van der Waals surface area contributed by atoms with Crippen LogP contribution in [0.25, 0.3) is 0 Å². The fraction of sp³-hybridized carbons (Fsp3) is 0.579. The second kappa shape index (κ2) is 8.92. The van der Waals surface area contributed by atoms with E-state index in [0.717, 1.165) is 25.0 Å². The van der Waals surface area contributed by atoms with Crippen molar-refractivity contribution in [1.82, 2.24) is 10.6 Å². The highest BCUT2D eigenvalue weighted by Gasteiger charge is 2.27. The largest absolute Gasteiger partial charge is 0.354 e. The maximum atomic E-state index is 13.7. The summed E-state index contributed by atoms with van der Waals surface area (Å²) in [6.07, 6.45) is 5.79. The molecule has 2 amide bonds. The summed E-state index contributed by atoms with van der Waals surface area (Å²) in [4.78, 5) is 24.7. The van der Waals surface area contributed by atoms with Crippen molar-refractivity contribution in [2.45, 2.75) is 52.0 Å². The van der Waals surface area contributed by atoms with Gasteiger partial charge in [0.25, 0.3) is 5.91 Å². The van der Waals surface area contributed by atoms with Gasteiger partial charge < -0.3 is 10.6 Å². The number of halogens is 2. The number of hydrogen-bond acceptors (Lipinski definition) is 2. The third-order valence-electron chi connectivity index (χ3n) is 4.72. The van der Waals surface area contributed by atoms with Crippen LogP contribution < -0.4 is 10.6 Å². The van der Waals surface area contributed by atoms with Gasteiger partial charge in [-0.1, -0.05) is 39.2 Å². The predicted octanol–water partition coefficient (Wildman–Crippen LogP) is 3.42. The Labute approximate surface area is 147 Å². The molecule has 2 N–H and O–H groups in total. The third kappa shape index (κ3) is 5.25. The van der Waals surface area contributed by atoms with E-state index >= 15 is 0 Å². The molecule has 0 aliphatic heterocycles. The first-order valence-electron chi connectivity index (χ1n) is 8.92. The molecule has 0 saturated heterocycles. The third-order valence-corrected chi connectivity index (χ3v) is 4.72. The topological polar surface area (TPSA) is 58.2 Å². The van der Waals surface area contributed by atoms with Gasteiger partial charge in [-0.2, -0.15) is 0 Å². The zero-order valence-electron chi connectivity index (χ0n) is 14.8. The van der Waals surface area contributed by atoms with E-state index < -0.39 is 29.1 Å². The second-order valence-corrected chi connectivity index (χ2v) is 7.04. The van der Waals surface area contributed by atoms with Gasteiger partial charge in [0.2, 0.25) is 5.91 Å². The molecule has 138 valence electrons. The molecule has 0 aromatic heterocycles. The maximum absolute atomic E-state index is 13.7. The number of benzene rings is 1. The standard InChI is InChI=1S/C19H26F2N2O2/c1-12(2)17(19(25)22-11-13-7-4-3-5-8-13)23-18(24)16-14(20)9-6-10-15(16)21/h6,9-10,12-13,17H,3-5,7-8,11H2,1-2H3,(H,22,25)(H,23,24). The van der Waals surface area contributed by atoms with Gasteiger partial charge in [-0.05, 0) is 36.8 Å². The lowest BCUT2D eigenvalue weighted by atomic mass is 9.89. The van der Waals surface area contributed by atoms with E-state index in [2.05, 4.69) is 10.6 Å². The van der Waals surface area contributed by atoms with Crippen LogP contribution in [0.15, 0.2) is 18.2 Å². The molecule has 1 aliphatic rings. The van der Waals surface area contributed by atoms with Crippen LogP contribution in [0.3, 0.4) is 0 Å². The summed E-state index contributed by atoms with van der Waals surface area (Å²) in [5, 5.41) is 5.35. The van der Waals surface area contributed by atoms with E-state index in [1.807, 2.05) is 0 Å². The number of carbonyl (C=O) groups excluding carboxylic acids is 2. The molecular weight excluding hydrogens is 326 g/mol. The molecule has 0 bridgehead atoms. The molecule has 1 aromatic carbocycles. The summed E-state index contributed by atoms with van der Waals surface area (Å²) in [6, 6.07) is 2.39. The Bertz CT molecular complexity index is 593. The highest BCUT2D eigenvalue weighted by Crippen LogP contribution is 2.22. The fourth-order valence-corrected chi connectivity index (χ4v) is 3.21. The zero-order chi connectivity index (χ0) is 18.4. The summed E-state index contributed by atoms with van der Waals surface area (Å²) >= 11 is 0. The lowest BCUT2D eigenvalue weighted by molar-refractivity contribution is -0.124. The van der Waals surface area contributed by atoms with Crippen LogP contribution in [0.4, 0.5) is 8.78 Å². The van der Waals surface area contributed by atoms with E-state index in [9.17, 15) is 18.4 Å². The molecule has 1 aromatic rings. The van der Waals surface area contributed by atoms with Gasteiger partial charge in [-0.25, -0.2) is 8.78 Å². The molecule has 4 nitrogen and oxygen atoms in total. The molecule has 1 atom stereocenters. The van der Waals surface area contributed by atoms with Crippen molar-refractivity contribution in [3.05, 3.63) is 35.4 Å². The smallest absolute Gasteiger partial charge is 0.257 e. The summed E-state index contributed by atoms with van der Waals surface area (Å²) in [7, 11) is 0. The number of hydrogen-bond donors (Lipinski definition) is 2. The SMILES string of the molecule is CC(C)C(NC(=O)c1c(F)cccc1F)C(=O)NCC1CCCCC1. The fourth-order valence-electron chi connectivity index (χ4n) is 3.21. The molecule has 1 aliphatic carbocycles. The summed E-state index contributed by atoms with van der Waals surface area (Å²) in [6.45, 7) is 4.14. The molecule has 0 spiro atoms. The zero-order valence-corrected chi connectivity index (χ0v) is 14.8. The van der Waals surface area contributed by atoms with Crippen molar-refractivity contribution in [2.24, 2.45) is 11.8 Å². The van der Waals surface area contributed by atoms with Gasteiger partial charge in [0.1, 0.15) is 23.2 Å². The number of amides is 2. The van der Waals surface area contributed by atoms with E-state index in [1.165, 1.54) is 25.3 Å². The van der Waals surface area contributed by atoms with Crippen LogP contribution in [0.2, 0.25) is 0 Å². The molecule has 0 radical (unpaired) electrons. The Hall–Kier alpha value is -1.98. The molecule has 1 saturated carbocycles. The van der Waals surface area contributed by atoms with E-state index in [-0.39, 0.29) is 11.8 Å². The van der Waals surface area contributed by atoms with Gasteiger partial charge in [0.15, 0.2) is 0 Å². The van der Waals surface area contributed by atoms with Crippen LogP contribution >= 0.6 is 0 Å². The first-order valence-corrected chi connectivity index (χ1v) is 8.92. The number of carbonyl (C=O) groups is 2. The Morgan fingerprint density at radius 3 is 2.28 bits per heavy atom. The van der Waals surface area contributed by atoms with Gasteiger partial charge in [0, 0.05) is 6.54 Å². The average molecular weight is 352 g/mol. The Balaban J connectivity index is 1.99.